The van der Waals surface area contributed by atoms with E-state index in [2.05, 4.69) is 57.7 Å². The average Bonchev–Trinajstić information content (AvgIpc) is 3.00. The standard InChI is InChI=1S/C17H18N4/c1-2-10-20-12-15(11-18-17(20)3-1)5-4-14-6-7-16-8-9-19-21(16)13-14/h1-3,6-10,13,15H,4-5,11-12H2. The van der Waals surface area contributed by atoms with Gasteiger partial charge in [-0.1, -0.05) is 12.1 Å². The Bertz CT molecular complexity index is 738. The molecule has 0 spiro atoms. The third-order valence-corrected chi connectivity index (χ3v) is 4.18. The molecule has 4 nitrogen and oxygen atoms in total. The number of amidine groups is 1. The molecule has 2 aliphatic heterocycles. The Morgan fingerprint density at radius 1 is 1.19 bits per heavy atom. The van der Waals surface area contributed by atoms with Crippen molar-refractivity contribution in [2.24, 2.45) is 10.9 Å². The first-order valence-electron chi connectivity index (χ1n) is 7.47. The highest BCUT2D eigenvalue weighted by Crippen LogP contribution is 2.19. The van der Waals surface area contributed by atoms with Crippen molar-refractivity contribution in [1.82, 2.24) is 14.5 Å². The quantitative estimate of drug-likeness (QED) is 0.864. The van der Waals surface area contributed by atoms with Crippen LogP contribution >= 0.6 is 0 Å². The lowest BCUT2D eigenvalue weighted by molar-refractivity contribution is 0.370. The minimum absolute atomic E-state index is 0.623. The fourth-order valence-electron chi connectivity index (χ4n) is 2.98. The largest absolute Gasteiger partial charge is 0.333 e. The van der Waals surface area contributed by atoms with Gasteiger partial charge in [-0.2, -0.15) is 5.10 Å². The van der Waals surface area contributed by atoms with E-state index in [0.29, 0.717) is 5.92 Å². The molecule has 1 unspecified atom stereocenters. The fourth-order valence-corrected chi connectivity index (χ4v) is 2.98. The van der Waals surface area contributed by atoms with E-state index in [4.69, 9.17) is 0 Å². The van der Waals surface area contributed by atoms with Crippen LogP contribution in [0, 0.1) is 5.92 Å². The van der Waals surface area contributed by atoms with Gasteiger partial charge >= 0.3 is 0 Å². The molecule has 2 aromatic heterocycles. The van der Waals surface area contributed by atoms with E-state index in [-0.39, 0.29) is 0 Å². The monoisotopic (exact) mass is 278 g/mol. The Balaban J connectivity index is 1.42. The average molecular weight is 278 g/mol. The van der Waals surface area contributed by atoms with Crippen molar-refractivity contribution in [2.75, 3.05) is 13.1 Å². The molecule has 21 heavy (non-hydrogen) atoms. The number of aryl methyl sites for hydroxylation is 1. The van der Waals surface area contributed by atoms with Crippen LogP contribution < -0.4 is 0 Å². The van der Waals surface area contributed by atoms with Gasteiger partial charge in [-0.05, 0) is 48.6 Å². The van der Waals surface area contributed by atoms with Crippen LogP contribution in [0.4, 0.5) is 0 Å². The molecule has 0 fully saturated rings. The van der Waals surface area contributed by atoms with E-state index < -0.39 is 0 Å². The van der Waals surface area contributed by atoms with Gasteiger partial charge in [0, 0.05) is 31.7 Å². The first kappa shape index (κ1) is 12.4. The van der Waals surface area contributed by atoms with Crippen molar-refractivity contribution in [3.63, 3.8) is 0 Å². The molecule has 1 atom stereocenters. The van der Waals surface area contributed by atoms with Crippen LogP contribution in [0.3, 0.4) is 0 Å². The number of hydrogen-bond donors (Lipinski definition) is 0. The van der Waals surface area contributed by atoms with Gasteiger partial charge in [0.05, 0.1) is 5.52 Å². The van der Waals surface area contributed by atoms with Crippen LogP contribution in [-0.4, -0.2) is 33.4 Å². The van der Waals surface area contributed by atoms with E-state index in [1.54, 1.807) is 0 Å². The van der Waals surface area contributed by atoms with Gasteiger partial charge in [-0.3, -0.25) is 4.99 Å². The highest BCUT2D eigenvalue weighted by Gasteiger charge is 2.20. The topological polar surface area (TPSA) is 32.9 Å². The molecule has 106 valence electrons. The zero-order valence-corrected chi connectivity index (χ0v) is 11.9. The molecular weight excluding hydrogens is 260 g/mol. The number of hydrogen-bond acceptors (Lipinski definition) is 3. The number of fused-ring (bicyclic) bond motifs is 2. The van der Waals surface area contributed by atoms with Crippen LogP contribution in [0.1, 0.15) is 12.0 Å². The molecule has 0 amide bonds. The Kier molecular flexibility index (Phi) is 3.07. The first-order valence-corrected chi connectivity index (χ1v) is 7.47. The zero-order chi connectivity index (χ0) is 14.1. The van der Waals surface area contributed by atoms with Crippen LogP contribution in [0.15, 0.2) is 60.0 Å². The van der Waals surface area contributed by atoms with Crippen molar-refractivity contribution < 1.29 is 0 Å². The summed E-state index contributed by atoms with van der Waals surface area (Å²) in [7, 11) is 0. The van der Waals surface area contributed by atoms with Crippen molar-refractivity contribution >= 4 is 11.4 Å². The Labute approximate surface area is 124 Å². The maximum atomic E-state index is 4.67. The van der Waals surface area contributed by atoms with Gasteiger partial charge < -0.3 is 4.90 Å². The van der Waals surface area contributed by atoms with Gasteiger partial charge in [-0.15, -0.1) is 0 Å². The number of pyridine rings is 1. The van der Waals surface area contributed by atoms with E-state index in [0.717, 1.165) is 37.3 Å². The van der Waals surface area contributed by atoms with Crippen LogP contribution in [-0.2, 0) is 6.42 Å². The first-order chi connectivity index (χ1) is 10.4. The maximum Gasteiger partial charge on any atom is 0.127 e. The lowest BCUT2D eigenvalue weighted by Crippen LogP contribution is -2.36. The molecule has 4 heterocycles. The molecule has 0 saturated carbocycles. The summed E-state index contributed by atoms with van der Waals surface area (Å²) < 4.78 is 1.95. The lowest BCUT2D eigenvalue weighted by Gasteiger charge is -2.31. The molecule has 0 bridgehead atoms. The van der Waals surface area contributed by atoms with Gasteiger partial charge in [0.15, 0.2) is 0 Å². The third-order valence-electron chi connectivity index (χ3n) is 4.18. The highest BCUT2D eigenvalue weighted by atomic mass is 15.2. The highest BCUT2D eigenvalue weighted by molar-refractivity contribution is 5.95. The molecule has 0 radical (unpaired) electrons. The number of aliphatic imine (C=N–C) groups is 1. The van der Waals surface area contributed by atoms with Gasteiger partial charge in [0.25, 0.3) is 0 Å². The smallest absolute Gasteiger partial charge is 0.127 e. The van der Waals surface area contributed by atoms with E-state index in [9.17, 15) is 0 Å². The summed E-state index contributed by atoms with van der Waals surface area (Å²) in [6.07, 6.45) is 14.6. The lowest BCUT2D eigenvalue weighted by atomic mass is 9.98. The third kappa shape index (κ3) is 2.49. The summed E-state index contributed by atoms with van der Waals surface area (Å²) in [6.45, 7) is 2.01. The number of aromatic nitrogens is 2. The second kappa shape index (κ2) is 5.20. The van der Waals surface area contributed by atoms with Gasteiger partial charge in [-0.25, -0.2) is 4.52 Å². The Morgan fingerprint density at radius 3 is 3.19 bits per heavy atom. The normalized spacial score (nSPS) is 20.7. The van der Waals surface area contributed by atoms with Crippen molar-refractivity contribution in [3.05, 3.63) is 60.6 Å². The van der Waals surface area contributed by atoms with Crippen LogP contribution in [0.25, 0.3) is 5.52 Å². The van der Waals surface area contributed by atoms with E-state index in [1.807, 2.05) is 16.8 Å². The van der Waals surface area contributed by atoms with Crippen LogP contribution in [0.5, 0.6) is 0 Å². The summed E-state index contributed by atoms with van der Waals surface area (Å²) in [5.74, 6) is 1.73. The summed E-state index contributed by atoms with van der Waals surface area (Å²) in [5.41, 5.74) is 2.49. The van der Waals surface area contributed by atoms with Crippen molar-refractivity contribution in [1.29, 1.82) is 0 Å². The predicted octanol–water partition coefficient (Wildman–Crippen LogP) is 2.68. The summed E-state index contributed by atoms with van der Waals surface area (Å²) in [5, 5.41) is 4.30. The second-order valence-electron chi connectivity index (χ2n) is 5.69. The van der Waals surface area contributed by atoms with E-state index >= 15 is 0 Å². The second-order valence-corrected chi connectivity index (χ2v) is 5.69. The number of nitrogens with zero attached hydrogens (tertiary/aromatic N) is 4. The predicted molar refractivity (Wildman–Crippen MR) is 84.3 cm³/mol. The molecule has 0 aliphatic carbocycles. The molecule has 4 rings (SSSR count). The van der Waals surface area contributed by atoms with Gasteiger partial charge in [0.1, 0.15) is 5.84 Å². The Morgan fingerprint density at radius 2 is 2.19 bits per heavy atom. The summed E-state index contributed by atoms with van der Waals surface area (Å²) >= 11 is 0. The van der Waals surface area contributed by atoms with Gasteiger partial charge in [0.2, 0.25) is 0 Å². The number of rotatable bonds is 3. The summed E-state index contributed by atoms with van der Waals surface area (Å²) in [6, 6.07) is 6.37. The maximum absolute atomic E-state index is 4.67. The minimum atomic E-state index is 0.623. The molecule has 2 aliphatic rings. The fraction of sp³-hybridized carbons (Fsp3) is 0.294. The molecule has 2 aromatic rings. The zero-order valence-electron chi connectivity index (χ0n) is 11.9. The molecule has 0 aromatic carbocycles. The molecule has 0 N–H and O–H groups in total. The van der Waals surface area contributed by atoms with E-state index in [1.165, 1.54) is 5.56 Å². The van der Waals surface area contributed by atoms with Crippen LogP contribution in [0.2, 0.25) is 0 Å². The SMILES string of the molecule is C1=CC2=NCC(CCc3ccc4ccnn4c3)CN2C=C1. The number of allylic oxidation sites excluding steroid dienone is 2. The molecule has 0 saturated heterocycles. The summed E-state index contributed by atoms with van der Waals surface area (Å²) in [4.78, 5) is 6.93. The molecule has 4 heteroatoms. The van der Waals surface area contributed by atoms with Crippen molar-refractivity contribution in [2.45, 2.75) is 12.8 Å². The van der Waals surface area contributed by atoms with Crippen molar-refractivity contribution in [3.8, 4) is 0 Å². The molecular formula is C17H18N4. The minimum Gasteiger partial charge on any atom is -0.333 e. The Hall–Kier alpha value is -2.36.